The van der Waals surface area contributed by atoms with E-state index < -0.39 is 92.3 Å². The second-order valence-corrected chi connectivity index (χ2v) is 9.03. The highest BCUT2D eigenvalue weighted by Crippen LogP contribution is 2.29. The largest absolute Gasteiger partial charge is 0.430 e. The molecule has 0 aliphatic carbocycles. The molecular weight excluding hydrogens is 524 g/mol. The average molecular weight is 559 g/mol. The van der Waals surface area contributed by atoms with Crippen LogP contribution in [0.15, 0.2) is 30.3 Å². The van der Waals surface area contributed by atoms with Crippen LogP contribution in [0, 0.1) is 0 Å². The lowest BCUT2D eigenvalue weighted by atomic mass is 9.94. The van der Waals surface area contributed by atoms with Gasteiger partial charge in [0.25, 0.3) is 0 Å². The van der Waals surface area contributed by atoms with Gasteiger partial charge in [-0.3, -0.25) is 14.9 Å². The first kappa shape index (κ1) is 30.6. The second-order valence-electron chi connectivity index (χ2n) is 9.03. The molecule has 0 saturated carbocycles. The molecular formula is C23H34N4O12. The first-order valence-electron chi connectivity index (χ1n) is 12.1. The van der Waals surface area contributed by atoms with Crippen LogP contribution in [0.5, 0.6) is 0 Å². The number of carbonyl (C=O) groups is 3. The van der Waals surface area contributed by atoms with Gasteiger partial charge in [0.2, 0.25) is 11.8 Å². The number of benzene rings is 1. The Morgan fingerprint density at radius 1 is 0.846 bits per heavy atom. The molecule has 0 aromatic heterocycles. The fraction of sp³-hybridized carbons (Fsp3) is 0.609. The monoisotopic (exact) mass is 558 g/mol. The van der Waals surface area contributed by atoms with Gasteiger partial charge in [-0.2, -0.15) is 0 Å². The zero-order valence-electron chi connectivity index (χ0n) is 21.2. The average Bonchev–Trinajstić information content (AvgIpc) is 2.89. The van der Waals surface area contributed by atoms with Crippen LogP contribution in [0.4, 0.5) is 10.5 Å². The van der Waals surface area contributed by atoms with Gasteiger partial charge in [0, 0.05) is 19.5 Å². The highest BCUT2D eigenvalue weighted by atomic mass is 16.7. The summed E-state index contributed by atoms with van der Waals surface area (Å²) in [5.41, 5.74) is 2.74. The summed E-state index contributed by atoms with van der Waals surface area (Å²) in [4.78, 5) is 40.8. The molecule has 1 unspecified atom stereocenters. The molecule has 2 fully saturated rings. The summed E-state index contributed by atoms with van der Waals surface area (Å²) in [5, 5.41) is 58.7. The summed E-state index contributed by atoms with van der Waals surface area (Å²) in [5.74, 6) is -1.19. The standard InChI is InChI=1S/C23H34N4O12/c1-10(30)24-15-19(34)20(38-22-16(25-11(2)31)18(33)17(32)13(8-28)37-22)14(9-29)36-21(15)27-39-23(35)26-12-6-4-3-5-7-12/h3-7,13-22,27-29,32-34H,8-9H2,1-2H3,(H,24,30)(H,25,31)(H,26,35)/t13-,14-,15-,16-,17-,18-,19-,20-,21?,22+/m1/s1. The van der Waals surface area contributed by atoms with E-state index in [1.165, 1.54) is 6.92 Å². The van der Waals surface area contributed by atoms with Gasteiger partial charge in [-0.05, 0) is 12.1 Å². The van der Waals surface area contributed by atoms with E-state index in [-0.39, 0.29) is 0 Å². The van der Waals surface area contributed by atoms with E-state index in [1.807, 2.05) is 0 Å². The van der Waals surface area contributed by atoms with Gasteiger partial charge in [-0.1, -0.05) is 18.2 Å². The zero-order valence-corrected chi connectivity index (χ0v) is 21.2. The van der Waals surface area contributed by atoms with Crippen molar-refractivity contribution in [1.29, 1.82) is 0 Å². The summed E-state index contributed by atoms with van der Waals surface area (Å²) in [7, 11) is 0. The summed E-state index contributed by atoms with van der Waals surface area (Å²) in [6, 6.07) is 5.73. The van der Waals surface area contributed by atoms with Crippen LogP contribution in [0.3, 0.4) is 0 Å². The number of para-hydroxylation sites is 1. The van der Waals surface area contributed by atoms with Gasteiger partial charge < -0.3 is 55.2 Å². The lowest BCUT2D eigenvalue weighted by Crippen LogP contribution is -2.70. The maximum absolute atomic E-state index is 12.2. The Morgan fingerprint density at radius 3 is 2.05 bits per heavy atom. The number of amides is 3. The van der Waals surface area contributed by atoms with Crippen LogP contribution in [-0.4, -0.2) is 118 Å². The minimum absolute atomic E-state index is 0.434. The molecule has 218 valence electrons. The Hall–Kier alpha value is -2.93. The SMILES string of the molecule is CC(=O)N[C@H]1[C@H](O[C@H]2[C@H](O)[C@@H](NC(C)=O)C(NOC(=O)Nc3ccccc3)O[C@@H]2CO)O[C@H](CO)[C@@H](O)[C@@H]1O. The molecule has 2 heterocycles. The van der Waals surface area contributed by atoms with Gasteiger partial charge >= 0.3 is 6.09 Å². The first-order valence-corrected chi connectivity index (χ1v) is 12.1. The molecule has 16 nitrogen and oxygen atoms in total. The number of hydrogen-bond donors (Lipinski definition) is 9. The van der Waals surface area contributed by atoms with Crippen molar-refractivity contribution < 1.29 is 59.0 Å². The molecule has 3 amide bonds. The molecule has 0 spiro atoms. The van der Waals surface area contributed by atoms with E-state index >= 15 is 0 Å². The fourth-order valence-corrected chi connectivity index (χ4v) is 4.28. The molecule has 2 saturated heterocycles. The van der Waals surface area contributed by atoms with Crippen LogP contribution >= 0.6 is 0 Å². The number of carbonyl (C=O) groups excluding carboxylic acids is 3. The Bertz CT molecular complexity index is 972. The van der Waals surface area contributed by atoms with E-state index in [1.54, 1.807) is 30.3 Å². The quantitative estimate of drug-likeness (QED) is 0.135. The van der Waals surface area contributed by atoms with Crippen molar-refractivity contribution in [3.8, 4) is 0 Å². The summed E-state index contributed by atoms with van der Waals surface area (Å²) < 4.78 is 17.1. The van der Waals surface area contributed by atoms with Crippen molar-refractivity contribution in [3.05, 3.63) is 30.3 Å². The molecule has 16 heteroatoms. The van der Waals surface area contributed by atoms with E-state index in [0.717, 1.165) is 6.92 Å². The Balaban J connectivity index is 1.76. The molecule has 2 aliphatic rings. The van der Waals surface area contributed by atoms with Crippen LogP contribution < -0.4 is 21.4 Å². The van der Waals surface area contributed by atoms with Crippen LogP contribution in [0.25, 0.3) is 0 Å². The molecule has 2 aliphatic heterocycles. The second kappa shape index (κ2) is 13.9. The molecule has 1 aromatic rings. The minimum Gasteiger partial charge on any atom is -0.394 e. The number of rotatable bonds is 9. The van der Waals surface area contributed by atoms with E-state index in [0.29, 0.717) is 5.69 Å². The third-order valence-electron chi connectivity index (χ3n) is 6.10. The highest BCUT2D eigenvalue weighted by molar-refractivity contribution is 5.84. The van der Waals surface area contributed by atoms with Crippen molar-refractivity contribution >= 4 is 23.6 Å². The normalized spacial score (nSPS) is 34.5. The molecule has 1 aromatic carbocycles. The molecule has 9 N–H and O–H groups in total. The smallest absolute Gasteiger partial charge is 0.394 e. The molecule has 0 bridgehead atoms. The van der Waals surface area contributed by atoms with Crippen molar-refractivity contribution in [2.24, 2.45) is 0 Å². The highest BCUT2D eigenvalue weighted by Gasteiger charge is 2.51. The van der Waals surface area contributed by atoms with E-state index in [9.17, 15) is 39.9 Å². The zero-order chi connectivity index (χ0) is 28.7. The van der Waals surface area contributed by atoms with Gasteiger partial charge in [0.1, 0.15) is 42.7 Å². The lowest BCUT2D eigenvalue weighted by molar-refractivity contribution is -0.318. The van der Waals surface area contributed by atoms with Crippen molar-refractivity contribution in [2.45, 2.75) is 75.1 Å². The van der Waals surface area contributed by atoms with Gasteiger partial charge in [0.15, 0.2) is 12.5 Å². The van der Waals surface area contributed by atoms with Crippen molar-refractivity contribution in [2.75, 3.05) is 18.5 Å². The Morgan fingerprint density at radius 2 is 1.46 bits per heavy atom. The van der Waals surface area contributed by atoms with Crippen LogP contribution in [0.1, 0.15) is 13.8 Å². The third kappa shape index (κ3) is 7.81. The van der Waals surface area contributed by atoms with Crippen LogP contribution in [-0.2, 0) is 28.6 Å². The van der Waals surface area contributed by atoms with Crippen molar-refractivity contribution in [1.82, 2.24) is 16.1 Å². The van der Waals surface area contributed by atoms with Crippen LogP contribution in [0.2, 0.25) is 0 Å². The summed E-state index contributed by atoms with van der Waals surface area (Å²) in [6.45, 7) is 0.887. The predicted octanol–water partition coefficient (Wildman–Crippen LogP) is -3.35. The molecule has 0 radical (unpaired) electrons. The number of hydroxylamine groups is 1. The number of anilines is 1. The van der Waals surface area contributed by atoms with E-state index in [4.69, 9.17) is 19.0 Å². The molecule has 10 atom stereocenters. The molecule has 3 rings (SSSR count). The summed E-state index contributed by atoms with van der Waals surface area (Å²) in [6.07, 6.45) is -12.7. The lowest BCUT2D eigenvalue weighted by Gasteiger charge is -2.48. The van der Waals surface area contributed by atoms with Gasteiger partial charge in [-0.25, -0.2) is 4.79 Å². The van der Waals surface area contributed by atoms with Gasteiger partial charge in [-0.15, -0.1) is 5.48 Å². The minimum atomic E-state index is -1.63. The summed E-state index contributed by atoms with van der Waals surface area (Å²) >= 11 is 0. The number of aliphatic hydroxyl groups is 5. The number of ether oxygens (including phenoxy) is 3. The number of hydrogen-bond acceptors (Lipinski definition) is 13. The predicted molar refractivity (Wildman–Crippen MR) is 129 cm³/mol. The van der Waals surface area contributed by atoms with Crippen molar-refractivity contribution in [3.63, 3.8) is 0 Å². The number of nitrogens with one attached hydrogen (secondary N) is 4. The van der Waals surface area contributed by atoms with E-state index in [2.05, 4.69) is 21.4 Å². The maximum Gasteiger partial charge on any atom is 0.430 e. The fourth-order valence-electron chi connectivity index (χ4n) is 4.28. The van der Waals surface area contributed by atoms with Gasteiger partial charge in [0.05, 0.1) is 19.3 Å². The first-order chi connectivity index (χ1) is 18.5. The third-order valence-corrected chi connectivity index (χ3v) is 6.10. The Kier molecular flexibility index (Phi) is 10.9. The maximum atomic E-state index is 12.2. The molecule has 39 heavy (non-hydrogen) atoms. The topological polar surface area (TPSA) is 237 Å². The number of aliphatic hydroxyl groups excluding tert-OH is 5. The Labute approximate surface area is 223 Å².